The minimum Gasteiger partial charge on any atom is -0.490 e. The lowest BCUT2D eigenvalue weighted by Gasteiger charge is -2.13. The Labute approximate surface area is 178 Å². The molecule has 3 aromatic heterocycles. The van der Waals surface area contributed by atoms with Gasteiger partial charge in [-0.05, 0) is 23.8 Å². The number of ether oxygens (including phenoxy) is 2. The molecule has 3 aromatic rings. The van der Waals surface area contributed by atoms with Crippen LogP contribution in [0.5, 0.6) is 5.75 Å². The zero-order valence-electron chi connectivity index (χ0n) is 16.2. The van der Waals surface area contributed by atoms with Crippen LogP contribution in [0.2, 0.25) is 0 Å². The Morgan fingerprint density at radius 3 is 2.57 bits per heavy atom. The number of pyridine rings is 3. The van der Waals surface area contributed by atoms with Gasteiger partial charge in [-0.2, -0.15) is 10.5 Å². The van der Waals surface area contributed by atoms with Crippen molar-refractivity contribution in [3.8, 4) is 29.1 Å². The van der Waals surface area contributed by atoms with Crippen molar-refractivity contribution in [3.05, 3.63) is 59.5 Å². The van der Waals surface area contributed by atoms with E-state index in [1.54, 1.807) is 31.6 Å². The normalized spacial score (nSPS) is 10.2. The van der Waals surface area contributed by atoms with Gasteiger partial charge in [0.1, 0.15) is 40.9 Å². The van der Waals surface area contributed by atoms with E-state index >= 15 is 0 Å². The maximum absolute atomic E-state index is 9.83. The summed E-state index contributed by atoms with van der Waals surface area (Å²) in [5.41, 5.74) is 8.21. The molecule has 0 amide bonds. The van der Waals surface area contributed by atoms with E-state index in [0.29, 0.717) is 41.0 Å². The lowest BCUT2D eigenvalue weighted by molar-refractivity contribution is 0.146. The smallest absolute Gasteiger partial charge is 0.143 e. The molecular weight excluding hydrogens is 400 g/mol. The Morgan fingerprint density at radius 1 is 1.10 bits per heavy atom. The summed E-state index contributed by atoms with van der Waals surface area (Å²) in [5.74, 6) is 1.17. The van der Waals surface area contributed by atoms with Crippen LogP contribution in [0.15, 0.2) is 47.9 Å². The molecule has 3 heterocycles. The molecule has 9 heteroatoms. The van der Waals surface area contributed by atoms with Crippen LogP contribution < -0.4 is 10.5 Å². The van der Waals surface area contributed by atoms with E-state index in [2.05, 4.69) is 21.0 Å². The van der Waals surface area contributed by atoms with Crippen LogP contribution in [-0.2, 0) is 10.5 Å². The first-order chi connectivity index (χ1) is 14.7. The zero-order valence-corrected chi connectivity index (χ0v) is 17.0. The predicted molar refractivity (Wildman–Crippen MR) is 112 cm³/mol. The van der Waals surface area contributed by atoms with Crippen LogP contribution >= 0.6 is 11.8 Å². The Balaban J connectivity index is 1.97. The number of hydrogen-bond donors (Lipinski definition) is 1. The summed E-state index contributed by atoms with van der Waals surface area (Å²) < 4.78 is 10.5. The quantitative estimate of drug-likeness (QED) is 0.433. The molecular formula is C21H18N6O2S. The highest BCUT2D eigenvalue weighted by molar-refractivity contribution is 7.98. The Morgan fingerprint density at radius 2 is 1.93 bits per heavy atom. The Hall–Kier alpha value is -3.66. The first-order valence-corrected chi connectivity index (χ1v) is 9.90. The van der Waals surface area contributed by atoms with Crippen LogP contribution in [0.1, 0.15) is 16.7 Å². The molecule has 2 N–H and O–H groups in total. The molecule has 0 radical (unpaired) electrons. The first kappa shape index (κ1) is 21.1. The highest BCUT2D eigenvalue weighted by Gasteiger charge is 2.21. The topological polar surface area (TPSA) is 131 Å². The molecule has 0 saturated carbocycles. The summed E-state index contributed by atoms with van der Waals surface area (Å²) in [6.07, 6.45) is 4.97. The molecule has 0 spiro atoms. The molecule has 8 nitrogen and oxygen atoms in total. The van der Waals surface area contributed by atoms with Crippen LogP contribution in [-0.4, -0.2) is 35.3 Å². The van der Waals surface area contributed by atoms with E-state index in [1.165, 1.54) is 18.0 Å². The standard InChI is InChI=1S/C21H18N6O2S/c1-28-7-8-29-15-4-5-18(26-12-15)19-16(9-22)20(24)27-21(17(19)10-23)30-13-14-3-2-6-25-11-14/h2-6,11-12H,7-8,13H2,1H3,(H2,24,27). The lowest BCUT2D eigenvalue weighted by atomic mass is 10.0. The molecule has 0 aliphatic rings. The van der Waals surface area contributed by atoms with Crippen LogP contribution in [0.25, 0.3) is 11.3 Å². The van der Waals surface area contributed by atoms with E-state index in [1.807, 2.05) is 18.2 Å². The fourth-order valence-corrected chi connectivity index (χ4v) is 3.58. The second kappa shape index (κ2) is 10.2. The van der Waals surface area contributed by atoms with Gasteiger partial charge in [-0.3, -0.25) is 9.97 Å². The van der Waals surface area contributed by atoms with Crippen molar-refractivity contribution >= 4 is 17.6 Å². The summed E-state index contributed by atoms with van der Waals surface area (Å²) in [6.45, 7) is 0.846. The third kappa shape index (κ3) is 4.84. The molecule has 30 heavy (non-hydrogen) atoms. The third-order valence-corrected chi connectivity index (χ3v) is 5.11. The first-order valence-electron chi connectivity index (χ1n) is 8.91. The largest absolute Gasteiger partial charge is 0.490 e. The monoisotopic (exact) mass is 418 g/mol. The van der Waals surface area contributed by atoms with Crippen molar-refractivity contribution in [3.63, 3.8) is 0 Å². The van der Waals surface area contributed by atoms with Crippen molar-refractivity contribution in [2.45, 2.75) is 10.8 Å². The van der Waals surface area contributed by atoms with Crippen molar-refractivity contribution in [1.82, 2.24) is 15.0 Å². The second-order valence-electron chi connectivity index (χ2n) is 6.02. The third-order valence-electron chi connectivity index (χ3n) is 4.06. The van der Waals surface area contributed by atoms with Gasteiger partial charge in [0.05, 0.1) is 24.1 Å². The van der Waals surface area contributed by atoms with Gasteiger partial charge in [0, 0.05) is 30.8 Å². The molecule has 0 aliphatic carbocycles. The lowest BCUT2D eigenvalue weighted by Crippen LogP contribution is -2.05. The fourth-order valence-electron chi connectivity index (χ4n) is 2.65. The van der Waals surface area contributed by atoms with Crippen LogP contribution in [0, 0.1) is 22.7 Å². The van der Waals surface area contributed by atoms with E-state index in [-0.39, 0.29) is 16.9 Å². The summed E-state index contributed by atoms with van der Waals surface area (Å²) in [7, 11) is 1.59. The predicted octanol–water partition coefficient (Wildman–Crippen LogP) is 3.18. The molecule has 0 saturated heterocycles. The van der Waals surface area contributed by atoms with E-state index in [9.17, 15) is 10.5 Å². The summed E-state index contributed by atoms with van der Waals surface area (Å²) in [6, 6.07) is 11.4. The average molecular weight is 418 g/mol. The Kier molecular flexibility index (Phi) is 7.17. The van der Waals surface area contributed by atoms with Gasteiger partial charge in [0.15, 0.2) is 0 Å². The van der Waals surface area contributed by atoms with Crippen molar-refractivity contribution in [2.75, 3.05) is 26.1 Å². The number of nitrogens with zero attached hydrogens (tertiary/aromatic N) is 5. The molecule has 150 valence electrons. The number of anilines is 1. The maximum atomic E-state index is 9.83. The van der Waals surface area contributed by atoms with Crippen molar-refractivity contribution in [1.29, 1.82) is 10.5 Å². The van der Waals surface area contributed by atoms with Crippen molar-refractivity contribution in [2.24, 2.45) is 0 Å². The van der Waals surface area contributed by atoms with E-state index < -0.39 is 0 Å². The molecule has 3 rings (SSSR count). The maximum Gasteiger partial charge on any atom is 0.143 e. The molecule has 0 atom stereocenters. The Bertz CT molecular complexity index is 1090. The summed E-state index contributed by atoms with van der Waals surface area (Å²) in [5, 5.41) is 19.9. The van der Waals surface area contributed by atoms with Gasteiger partial charge in [-0.1, -0.05) is 6.07 Å². The highest BCUT2D eigenvalue weighted by Crippen LogP contribution is 2.36. The summed E-state index contributed by atoms with van der Waals surface area (Å²) >= 11 is 1.35. The SMILES string of the molecule is COCCOc1ccc(-c2c(C#N)c(N)nc(SCc3cccnc3)c2C#N)nc1. The molecule has 0 bridgehead atoms. The number of methoxy groups -OCH3 is 1. The van der Waals surface area contributed by atoms with Gasteiger partial charge in [-0.25, -0.2) is 4.98 Å². The minimum absolute atomic E-state index is 0.0578. The summed E-state index contributed by atoms with van der Waals surface area (Å²) in [4.78, 5) is 12.8. The van der Waals surface area contributed by atoms with Gasteiger partial charge >= 0.3 is 0 Å². The van der Waals surface area contributed by atoms with E-state index in [0.717, 1.165) is 5.56 Å². The van der Waals surface area contributed by atoms with Crippen LogP contribution in [0.3, 0.4) is 0 Å². The molecule has 0 fully saturated rings. The highest BCUT2D eigenvalue weighted by atomic mass is 32.2. The van der Waals surface area contributed by atoms with Crippen LogP contribution in [0.4, 0.5) is 5.82 Å². The van der Waals surface area contributed by atoms with Gasteiger partial charge < -0.3 is 15.2 Å². The average Bonchev–Trinajstić information content (AvgIpc) is 2.78. The minimum atomic E-state index is 0.0578. The van der Waals surface area contributed by atoms with E-state index in [4.69, 9.17) is 15.2 Å². The number of nitriles is 2. The second-order valence-corrected chi connectivity index (χ2v) is 6.99. The fraction of sp³-hybridized carbons (Fsp3) is 0.190. The van der Waals surface area contributed by atoms with Crippen molar-refractivity contribution < 1.29 is 9.47 Å². The molecule has 0 aromatic carbocycles. The van der Waals surface area contributed by atoms with Gasteiger partial charge in [0.25, 0.3) is 0 Å². The molecule has 0 aliphatic heterocycles. The number of nitrogen functional groups attached to an aromatic ring is 1. The van der Waals surface area contributed by atoms with Gasteiger partial charge in [-0.15, -0.1) is 11.8 Å². The number of rotatable bonds is 8. The molecule has 0 unspecified atom stereocenters. The number of hydrogen-bond acceptors (Lipinski definition) is 9. The zero-order chi connectivity index (χ0) is 21.3. The number of thioether (sulfide) groups is 1. The number of nitrogens with two attached hydrogens (primary N) is 1. The van der Waals surface area contributed by atoms with Gasteiger partial charge in [0.2, 0.25) is 0 Å². The number of aromatic nitrogens is 3.